The van der Waals surface area contributed by atoms with E-state index in [4.69, 9.17) is 0 Å². The molecule has 3 rings (SSSR count). The first-order valence-electron chi connectivity index (χ1n) is 8.54. The van der Waals surface area contributed by atoms with E-state index >= 15 is 0 Å². The Balaban J connectivity index is 1.87. The van der Waals surface area contributed by atoms with Gasteiger partial charge in [-0.1, -0.05) is 32.9 Å². The van der Waals surface area contributed by atoms with Crippen molar-refractivity contribution < 1.29 is 0 Å². The van der Waals surface area contributed by atoms with Crippen LogP contribution in [0.4, 0.5) is 5.69 Å². The van der Waals surface area contributed by atoms with E-state index in [2.05, 4.69) is 60.3 Å². The number of benzene rings is 1. The second-order valence-electron chi connectivity index (χ2n) is 7.61. The average Bonchev–Trinajstić information content (AvgIpc) is 2.82. The van der Waals surface area contributed by atoms with Crippen molar-refractivity contribution in [3.8, 4) is 0 Å². The molecule has 0 saturated carbocycles. The van der Waals surface area contributed by atoms with Gasteiger partial charge in [0.05, 0.1) is 11.4 Å². The first-order chi connectivity index (χ1) is 11.7. The first-order valence-corrected chi connectivity index (χ1v) is 9.35. The van der Waals surface area contributed by atoms with Crippen molar-refractivity contribution in [2.24, 2.45) is 0 Å². The molecule has 3 aromatic rings. The van der Waals surface area contributed by atoms with E-state index in [1.165, 1.54) is 5.56 Å². The van der Waals surface area contributed by atoms with Crippen LogP contribution in [-0.4, -0.2) is 9.97 Å². The molecule has 0 radical (unpaired) electrons. The van der Waals surface area contributed by atoms with Crippen LogP contribution in [0.5, 0.6) is 0 Å². The number of rotatable bonds is 3. The number of aromatic nitrogens is 2. The highest BCUT2D eigenvalue weighted by atomic mass is 32.1. The van der Waals surface area contributed by atoms with Gasteiger partial charge < -0.3 is 10.3 Å². The number of hydrogen-bond donors (Lipinski definition) is 2. The molecule has 5 heteroatoms. The number of anilines is 1. The monoisotopic (exact) mass is 355 g/mol. The van der Waals surface area contributed by atoms with Crippen molar-refractivity contribution in [2.45, 2.75) is 53.0 Å². The van der Waals surface area contributed by atoms with Crippen molar-refractivity contribution in [2.75, 3.05) is 5.32 Å². The summed E-state index contributed by atoms with van der Waals surface area (Å²) in [5, 5.41) is 4.14. The summed E-state index contributed by atoms with van der Waals surface area (Å²) in [6.07, 6.45) is 0. The topological polar surface area (TPSA) is 57.8 Å². The number of fused-ring (bicyclic) bond motifs is 1. The lowest BCUT2D eigenvalue weighted by Gasteiger charge is -2.20. The van der Waals surface area contributed by atoms with Crippen molar-refractivity contribution in [1.82, 2.24) is 9.97 Å². The normalized spacial score (nSPS) is 13.2. The SMILES string of the molecule is Cc1sc2nc([C@H](C)Nc3ccc(C(C)(C)C)cc3)[nH]c(=O)c2c1C. The van der Waals surface area contributed by atoms with Gasteiger partial charge in [0.1, 0.15) is 10.7 Å². The summed E-state index contributed by atoms with van der Waals surface area (Å²) < 4.78 is 0. The minimum Gasteiger partial charge on any atom is -0.375 e. The predicted molar refractivity (Wildman–Crippen MR) is 107 cm³/mol. The molecule has 0 fully saturated rings. The van der Waals surface area contributed by atoms with Crippen LogP contribution in [0.25, 0.3) is 10.2 Å². The van der Waals surface area contributed by atoms with Gasteiger partial charge in [-0.3, -0.25) is 4.79 Å². The lowest BCUT2D eigenvalue weighted by molar-refractivity contribution is 0.590. The van der Waals surface area contributed by atoms with E-state index in [9.17, 15) is 4.79 Å². The molecule has 0 amide bonds. The molecule has 1 atom stereocenters. The fraction of sp³-hybridized carbons (Fsp3) is 0.400. The van der Waals surface area contributed by atoms with E-state index in [1.807, 2.05) is 20.8 Å². The molecule has 0 aliphatic heterocycles. The summed E-state index contributed by atoms with van der Waals surface area (Å²) >= 11 is 1.58. The number of thiophene rings is 1. The molecule has 132 valence electrons. The predicted octanol–water partition coefficient (Wildman–Crippen LogP) is 5.07. The van der Waals surface area contributed by atoms with Crippen LogP contribution < -0.4 is 10.9 Å². The first kappa shape index (κ1) is 17.7. The second-order valence-corrected chi connectivity index (χ2v) is 8.81. The Morgan fingerprint density at radius 1 is 1.16 bits per heavy atom. The fourth-order valence-corrected chi connectivity index (χ4v) is 3.90. The Kier molecular flexibility index (Phi) is 4.45. The fourth-order valence-electron chi connectivity index (χ4n) is 2.86. The van der Waals surface area contributed by atoms with Crippen LogP contribution >= 0.6 is 11.3 Å². The summed E-state index contributed by atoms with van der Waals surface area (Å²) in [7, 11) is 0. The van der Waals surface area contributed by atoms with Gasteiger partial charge in [0.25, 0.3) is 5.56 Å². The number of hydrogen-bond acceptors (Lipinski definition) is 4. The third-order valence-electron chi connectivity index (χ3n) is 4.60. The summed E-state index contributed by atoms with van der Waals surface area (Å²) in [6, 6.07) is 8.35. The molecule has 4 nitrogen and oxygen atoms in total. The molecule has 0 aliphatic carbocycles. The molecule has 0 unspecified atom stereocenters. The van der Waals surface area contributed by atoms with Gasteiger partial charge in [0.2, 0.25) is 0 Å². The maximum atomic E-state index is 12.4. The van der Waals surface area contributed by atoms with Crippen molar-refractivity contribution in [1.29, 1.82) is 0 Å². The minimum absolute atomic E-state index is 0.0569. The van der Waals surface area contributed by atoms with E-state index in [1.54, 1.807) is 11.3 Å². The minimum atomic E-state index is -0.0831. The van der Waals surface area contributed by atoms with E-state index in [0.717, 1.165) is 21.0 Å². The molecular formula is C20H25N3OS. The smallest absolute Gasteiger partial charge is 0.259 e. The number of nitrogens with zero attached hydrogens (tertiary/aromatic N) is 1. The molecular weight excluding hydrogens is 330 g/mol. The number of nitrogens with one attached hydrogen (secondary N) is 2. The van der Waals surface area contributed by atoms with Crippen LogP contribution in [-0.2, 0) is 5.41 Å². The highest BCUT2D eigenvalue weighted by Gasteiger charge is 2.16. The van der Waals surface area contributed by atoms with Gasteiger partial charge in [-0.2, -0.15) is 0 Å². The maximum Gasteiger partial charge on any atom is 0.259 e. The highest BCUT2D eigenvalue weighted by Crippen LogP contribution is 2.28. The van der Waals surface area contributed by atoms with Gasteiger partial charge in [0.15, 0.2) is 0 Å². The Bertz CT molecular complexity index is 962. The summed E-state index contributed by atoms with van der Waals surface area (Å²) in [6.45, 7) is 12.6. The van der Waals surface area contributed by atoms with Crippen LogP contribution in [0, 0.1) is 13.8 Å². The lowest BCUT2D eigenvalue weighted by Crippen LogP contribution is -2.17. The molecule has 2 heterocycles. The van der Waals surface area contributed by atoms with E-state index in [0.29, 0.717) is 11.2 Å². The molecule has 0 bridgehead atoms. The third kappa shape index (κ3) is 3.47. The molecule has 1 aromatic carbocycles. The van der Waals surface area contributed by atoms with Gasteiger partial charge >= 0.3 is 0 Å². The highest BCUT2D eigenvalue weighted by molar-refractivity contribution is 7.18. The van der Waals surface area contributed by atoms with Gasteiger partial charge in [-0.05, 0) is 49.4 Å². The Labute approximate surface area is 152 Å². The second kappa shape index (κ2) is 6.30. The van der Waals surface area contributed by atoms with Gasteiger partial charge in [-0.15, -0.1) is 11.3 Å². The van der Waals surface area contributed by atoms with Crippen LogP contribution in [0.3, 0.4) is 0 Å². The molecule has 25 heavy (non-hydrogen) atoms. The summed E-state index contributed by atoms with van der Waals surface area (Å²) in [5.74, 6) is 0.665. The largest absolute Gasteiger partial charge is 0.375 e. The molecule has 0 spiro atoms. The van der Waals surface area contributed by atoms with E-state index < -0.39 is 0 Å². The van der Waals surface area contributed by atoms with E-state index in [-0.39, 0.29) is 17.0 Å². The Hall–Kier alpha value is -2.14. The molecule has 2 N–H and O–H groups in total. The zero-order valence-electron chi connectivity index (χ0n) is 15.7. The molecule has 0 aliphatic rings. The van der Waals surface area contributed by atoms with Gasteiger partial charge in [-0.25, -0.2) is 4.98 Å². The summed E-state index contributed by atoms with van der Waals surface area (Å²) in [5.41, 5.74) is 3.42. The maximum absolute atomic E-state index is 12.4. The van der Waals surface area contributed by atoms with Crippen LogP contribution in [0.15, 0.2) is 29.1 Å². The number of aryl methyl sites for hydroxylation is 2. The zero-order chi connectivity index (χ0) is 18.4. The third-order valence-corrected chi connectivity index (χ3v) is 5.70. The van der Waals surface area contributed by atoms with Crippen molar-refractivity contribution >= 4 is 27.2 Å². The Morgan fingerprint density at radius 2 is 1.80 bits per heavy atom. The molecule has 2 aromatic heterocycles. The number of aromatic amines is 1. The average molecular weight is 356 g/mol. The zero-order valence-corrected chi connectivity index (χ0v) is 16.5. The molecule has 0 saturated heterocycles. The van der Waals surface area contributed by atoms with Crippen LogP contribution in [0.2, 0.25) is 0 Å². The van der Waals surface area contributed by atoms with Crippen LogP contribution in [0.1, 0.15) is 55.6 Å². The van der Waals surface area contributed by atoms with Crippen molar-refractivity contribution in [3.05, 3.63) is 56.4 Å². The van der Waals surface area contributed by atoms with Gasteiger partial charge in [0, 0.05) is 10.6 Å². The Morgan fingerprint density at radius 3 is 2.40 bits per heavy atom. The standard InChI is InChI=1S/C20H25N3OS/c1-11-13(3)25-19-16(11)18(24)22-17(23-19)12(2)21-15-9-7-14(8-10-15)20(4,5)6/h7-10,12,21H,1-6H3,(H,22,23,24)/t12-/m0/s1. The number of H-pyrrole nitrogens is 1. The lowest BCUT2D eigenvalue weighted by atomic mass is 9.87. The van der Waals surface area contributed by atoms with Crippen molar-refractivity contribution in [3.63, 3.8) is 0 Å². The quantitative estimate of drug-likeness (QED) is 0.689. The summed E-state index contributed by atoms with van der Waals surface area (Å²) in [4.78, 5) is 22.0.